The molecule has 102 valence electrons. The molecule has 0 aromatic heterocycles. The van der Waals surface area contributed by atoms with Gasteiger partial charge in [-0.05, 0) is 30.4 Å². The summed E-state index contributed by atoms with van der Waals surface area (Å²) in [5, 5.41) is 9.26. The SMILES string of the molecule is C#CCN(CC1CC1)S(=O)(=O)c1ccccc1CO. The van der Waals surface area contributed by atoms with Crippen LogP contribution in [-0.2, 0) is 16.6 Å². The summed E-state index contributed by atoms with van der Waals surface area (Å²) in [6, 6.07) is 6.48. The molecule has 1 saturated carbocycles. The van der Waals surface area contributed by atoms with Gasteiger partial charge < -0.3 is 5.11 Å². The van der Waals surface area contributed by atoms with Crippen LogP contribution < -0.4 is 0 Å². The smallest absolute Gasteiger partial charge is 0.244 e. The molecule has 4 nitrogen and oxygen atoms in total. The molecule has 0 unspecified atom stereocenters. The van der Waals surface area contributed by atoms with Gasteiger partial charge >= 0.3 is 0 Å². The molecule has 0 radical (unpaired) electrons. The van der Waals surface area contributed by atoms with Crippen molar-refractivity contribution in [3.8, 4) is 12.3 Å². The van der Waals surface area contributed by atoms with Crippen LogP contribution >= 0.6 is 0 Å². The van der Waals surface area contributed by atoms with Gasteiger partial charge in [0.1, 0.15) is 0 Å². The van der Waals surface area contributed by atoms with Crippen molar-refractivity contribution in [1.82, 2.24) is 4.31 Å². The highest BCUT2D eigenvalue weighted by Crippen LogP contribution is 2.32. The van der Waals surface area contributed by atoms with Gasteiger partial charge in [-0.1, -0.05) is 24.1 Å². The van der Waals surface area contributed by atoms with E-state index in [1.54, 1.807) is 18.2 Å². The zero-order valence-electron chi connectivity index (χ0n) is 10.6. The fraction of sp³-hybridized carbons (Fsp3) is 0.429. The Morgan fingerprint density at radius 1 is 1.37 bits per heavy atom. The van der Waals surface area contributed by atoms with Crippen molar-refractivity contribution >= 4 is 10.0 Å². The van der Waals surface area contributed by atoms with Gasteiger partial charge in [0.15, 0.2) is 0 Å². The summed E-state index contributed by atoms with van der Waals surface area (Å²) in [5.74, 6) is 2.82. The van der Waals surface area contributed by atoms with Crippen molar-refractivity contribution in [3.63, 3.8) is 0 Å². The fourth-order valence-electron chi connectivity index (χ4n) is 1.96. The normalized spacial score (nSPS) is 15.4. The predicted octanol–water partition coefficient (Wildman–Crippen LogP) is 1.21. The molecular formula is C14H17NO3S. The lowest BCUT2D eigenvalue weighted by Gasteiger charge is -2.21. The van der Waals surface area contributed by atoms with E-state index in [4.69, 9.17) is 6.42 Å². The Labute approximate surface area is 114 Å². The fourth-order valence-corrected chi connectivity index (χ4v) is 3.61. The van der Waals surface area contributed by atoms with Crippen molar-refractivity contribution in [2.24, 2.45) is 5.92 Å². The van der Waals surface area contributed by atoms with E-state index in [1.165, 1.54) is 10.4 Å². The van der Waals surface area contributed by atoms with Crippen LogP contribution in [0.5, 0.6) is 0 Å². The highest BCUT2D eigenvalue weighted by molar-refractivity contribution is 7.89. The molecule has 0 heterocycles. The van der Waals surface area contributed by atoms with Gasteiger partial charge in [0, 0.05) is 6.54 Å². The van der Waals surface area contributed by atoms with Crippen LogP contribution in [0.4, 0.5) is 0 Å². The molecule has 5 heteroatoms. The maximum atomic E-state index is 12.6. The molecule has 1 aromatic carbocycles. The van der Waals surface area contributed by atoms with E-state index in [-0.39, 0.29) is 18.0 Å². The Morgan fingerprint density at radius 3 is 2.63 bits per heavy atom. The molecule has 1 aromatic rings. The van der Waals surface area contributed by atoms with Crippen LogP contribution in [-0.4, -0.2) is 30.9 Å². The number of sulfonamides is 1. The lowest BCUT2D eigenvalue weighted by Crippen LogP contribution is -2.34. The first-order valence-corrected chi connectivity index (χ1v) is 7.66. The molecule has 0 amide bonds. The molecule has 1 aliphatic rings. The highest BCUT2D eigenvalue weighted by atomic mass is 32.2. The minimum absolute atomic E-state index is 0.0681. The van der Waals surface area contributed by atoms with Gasteiger partial charge in [-0.2, -0.15) is 4.31 Å². The highest BCUT2D eigenvalue weighted by Gasteiger charge is 2.32. The molecule has 1 fully saturated rings. The number of rotatable bonds is 6. The summed E-state index contributed by atoms with van der Waals surface area (Å²) in [5.41, 5.74) is 0.403. The number of terminal acetylenes is 1. The Bertz CT molecular complexity index is 585. The summed E-state index contributed by atoms with van der Waals surface area (Å²) in [4.78, 5) is 0.147. The Hall–Kier alpha value is -1.35. The number of aliphatic hydroxyl groups excluding tert-OH is 1. The Balaban J connectivity index is 2.35. The Kier molecular flexibility index (Phi) is 4.25. The number of hydrogen-bond donors (Lipinski definition) is 1. The van der Waals surface area contributed by atoms with Gasteiger partial charge in [0.05, 0.1) is 18.0 Å². The van der Waals surface area contributed by atoms with Gasteiger partial charge in [-0.3, -0.25) is 0 Å². The van der Waals surface area contributed by atoms with E-state index in [0.717, 1.165) is 12.8 Å². The monoisotopic (exact) mass is 279 g/mol. The van der Waals surface area contributed by atoms with Crippen molar-refractivity contribution in [2.75, 3.05) is 13.1 Å². The van der Waals surface area contributed by atoms with Crippen LogP contribution in [0.2, 0.25) is 0 Å². The van der Waals surface area contributed by atoms with Crippen LogP contribution in [0.1, 0.15) is 18.4 Å². The maximum absolute atomic E-state index is 12.6. The average molecular weight is 279 g/mol. The molecule has 0 spiro atoms. The third-order valence-electron chi connectivity index (χ3n) is 3.19. The molecule has 0 saturated heterocycles. The van der Waals surface area contributed by atoms with Crippen molar-refractivity contribution in [1.29, 1.82) is 0 Å². The first-order valence-electron chi connectivity index (χ1n) is 6.22. The second kappa shape index (κ2) is 5.74. The lowest BCUT2D eigenvalue weighted by molar-refractivity contribution is 0.278. The third kappa shape index (κ3) is 3.16. The minimum Gasteiger partial charge on any atom is -0.392 e. The molecule has 0 aliphatic heterocycles. The summed E-state index contributed by atoms with van der Waals surface area (Å²) >= 11 is 0. The van der Waals surface area contributed by atoms with Gasteiger partial charge in [0.25, 0.3) is 0 Å². The Morgan fingerprint density at radius 2 is 2.05 bits per heavy atom. The van der Waals surface area contributed by atoms with E-state index in [2.05, 4.69) is 5.92 Å². The molecule has 1 N–H and O–H groups in total. The lowest BCUT2D eigenvalue weighted by atomic mass is 10.2. The number of benzene rings is 1. The number of aliphatic hydroxyl groups is 1. The van der Waals surface area contributed by atoms with Crippen LogP contribution in [0.3, 0.4) is 0 Å². The zero-order chi connectivity index (χ0) is 13.9. The second-order valence-electron chi connectivity index (χ2n) is 4.71. The maximum Gasteiger partial charge on any atom is 0.244 e. The second-order valence-corrected chi connectivity index (χ2v) is 6.62. The van der Waals surface area contributed by atoms with E-state index < -0.39 is 10.0 Å². The predicted molar refractivity (Wildman–Crippen MR) is 72.7 cm³/mol. The topological polar surface area (TPSA) is 57.6 Å². The van der Waals surface area contributed by atoms with Gasteiger partial charge in [-0.15, -0.1) is 6.42 Å². The van der Waals surface area contributed by atoms with Crippen LogP contribution in [0.15, 0.2) is 29.2 Å². The average Bonchev–Trinajstić information content (AvgIpc) is 3.22. The molecule has 2 rings (SSSR count). The number of nitrogens with zero attached hydrogens (tertiary/aromatic N) is 1. The van der Waals surface area contributed by atoms with Crippen molar-refractivity contribution in [3.05, 3.63) is 29.8 Å². The first kappa shape index (κ1) is 14.1. The van der Waals surface area contributed by atoms with Crippen LogP contribution in [0.25, 0.3) is 0 Å². The summed E-state index contributed by atoms with van der Waals surface area (Å²) in [7, 11) is -3.63. The van der Waals surface area contributed by atoms with Crippen molar-refractivity contribution < 1.29 is 13.5 Å². The molecule has 1 aliphatic carbocycles. The van der Waals surface area contributed by atoms with Crippen LogP contribution in [0, 0.1) is 18.3 Å². The van der Waals surface area contributed by atoms with E-state index in [0.29, 0.717) is 18.0 Å². The van der Waals surface area contributed by atoms with E-state index >= 15 is 0 Å². The van der Waals surface area contributed by atoms with Gasteiger partial charge in [0.2, 0.25) is 10.0 Å². The zero-order valence-corrected chi connectivity index (χ0v) is 11.4. The number of hydrogen-bond acceptors (Lipinski definition) is 3. The minimum atomic E-state index is -3.63. The standard InChI is InChI=1S/C14H17NO3S/c1-2-9-15(10-12-7-8-12)19(17,18)14-6-4-3-5-13(14)11-16/h1,3-6,12,16H,7-11H2. The molecule has 0 bridgehead atoms. The van der Waals surface area contributed by atoms with E-state index in [9.17, 15) is 13.5 Å². The third-order valence-corrected chi connectivity index (χ3v) is 5.10. The van der Waals surface area contributed by atoms with Crippen molar-refractivity contribution in [2.45, 2.75) is 24.3 Å². The summed E-state index contributed by atoms with van der Waals surface area (Å²) in [6.45, 7) is 0.230. The molecule has 0 atom stereocenters. The summed E-state index contributed by atoms with van der Waals surface area (Å²) in [6.07, 6.45) is 7.37. The van der Waals surface area contributed by atoms with E-state index in [1.807, 2.05) is 0 Å². The molecule has 19 heavy (non-hydrogen) atoms. The molecular weight excluding hydrogens is 262 g/mol. The first-order chi connectivity index (χ1) is 9.09. The van der Waals surface area contributed by atoms with Gasteiger partial charge in [-0.25, -0.2) is 8.42 Å². The quantitative estimate of drug-likeness (QED) is 0.796. The largest absolute Gasteiger partial charge is 0.392 e. The summed E-state index contributed by atoms with van der Waals surface area (Å²) < 4.78 is 26.5.